The van der Waals surface area contributed by atoms with E-state index in [9.17, 15) is 4.79 Å². The van der Waals surface area contributed by atoms with Gasteiger partial charge in [-0.15, -0.1) is 0 Å². The van der Waals surface area contributed by atoms with Gasteiger partial charge < -0.3 is 9.47 Å². The number of ether oxygens (including phenoxy) is 2. The lowest BCUT2D eigenvalue weighted by Crippen LogP contribution is -2.41. The lowest BCUT2D eigenvalue weighted by atomic mass is 10.1. The zero-order chi connectivity index (χ0) is 10.4. The van der Waals surface area contributed by atoms with Crippen LogP contribution in [-0.4, -0.2) is 25.3 Å². The van der Waals surface area contributed by atoms with Crippen molar-refractivity contribution in [3.63, 3.8) is 0 Å². The zero-order valence-corrected chi connectivity index (χ0v) is 8.40. The lowest BCUT2D eigenvalue weighted by Gasteiger charge is -2.29. The van der Waals surface area contributed by atoms with Gasteiger partial charge in [-0.05, 0) is 24.6 Å². The maximum atomic E-state index is 11.5. The van der Waals surface area contributed by atoms with Crippen LogP contribution in [0.2, 0.25) is 0 Å². The lowest BCUT2D eigenvalue weighted by molar-refractivity contribution is 0.176. The molecule has 78 valence electrons. The van der Waals surface area contributed by atoms with E-state index < -0.39 is 0 Å². The highest BCUT2D eigenvalue weighted by Crippen LogP contribution is 2.37. The average molecular weight is 205 g/mol. The van der Waals surface area contributed by atoms with Crippen molar-refractivity contribution in [2.24, 2.45) is 0 Å². The number of carbonyl (C=O) groups excluding carboxylic acids is 1. The number of benzene rings is 1. The molecule has 1 fully saturated rings. The van der Waals surface area contributed by atoms with E-state index in [0.29, 0.717) is 13.2 Å². The van der Waals surface area contributed by atoms with Crippen LogP contribution in [0.1, 0.15) is 5.56 Å². The molecular formula is C11H11NO3. The number of anilines is 1. The van der Waals surface area contributed by atoms with Gasteiger partial charge in [0, 0.05) is 0 Å². The van der Waals surface area contributed by atoms with Gasteiger partial charge >= 0.3 is 6.09 Å². The van der Waals surface area contributed by atoms with Crippen LogP contribution >= 0.6 is 0 Å². The second kappa shape index (κ2) is 2.89. The highest BCUT2D eigenvalue weighted by Gasteiger charge is 2.39. The van der Waals surface area contributed by atoms with E-state index in [4.69, 9.17) is 9.47 Å². The molecule has 1 aromatic rings. The standard InChI is InChI=1S/C11H11NO3/c1-7-2-3-9-10(4-7)14-5-8-6-15-11(13)12(8)9/h2-4,8H,5-6H2,1H3. The van der Waals surface area contributed by atoms with Crippen molar-refractivity contribution in [2.75, 3.05) is 18.1 Å². The average Bonchev–Trinajstić information content (AvgIpc) is 2.60. The summed E-state index contributed by atoms with van der Waals surface area (Å²) >= 11 is 0. The molecule has 1 atom stereocenters. The molecule has 1 amide bonds. The summed E-state index contributed by atoms with van der Waals surface area (Å²) in [6.07, 6.45) is -0.270. The van der Waals surface area contributed by atoms with Crippen LogP contribution in [0.4, 0.5) is 10.5 Å². The minimum atomic E-state index is -0.270. The summed E-state index contributed by atoms with van der Waals surface area (Å²) in [6.45, 7) is 2.94. The molecule has 0 N–H and O–H groups in total. The Balaban J connectivity index is 2.10. The van der Waals surface area contributed by atoms with Crippen LogP contribution in [0.5, 0.6) is 5.75 Å². The van der Waals surface area contributed by atoms with Crippen molar-refractivity contribution in [1.82, 2.24) is 0 Å². The maximum Gasteiger partial charge on any atom is 0.414 e. The van der Waals surface area contributed by atoms with Gasteiger partial charge in [0.15, 0.2) is 0 Å². The van der Waals surface area contributed by atoms with Gasteiger partial charge in [-0.25, -0.2) is 4.79 Å². The Hall–Kier alpha value is -1.71. The summed E-state index contributed by atoms with van der Waals surface area (Å²) in [7, 11) is 0. The molecule has 15 heavy (non-hydrogen) atoms. The maximum absolute atomic E-state index is 11.5. The second-order valence-electron chi connectivity index (χ2n) is 3.88. The summed E-state index contributed by atoms with van der Waals surface area (Å²) in [5.41, 5.74) is 1.94. The van der Waals surface area contributed by atoms with Crippen molar-refractivity contribution >= 4 is 11.8 Å². The topological polar surface area (TPSA) is 38.8 Å². The van der Waals surface area contributed by atoms with Gasteiger partial charge in [0.1, 0.15) is 25.0 Å². The minimum Gasteiger partial charge on any atom is -0.489 e. The molecule has 4 nitrogen and oxygen atoms in total. The number of rotatable bonds is 0. The molecule has 4 heteroatoms. The van der Waals surface area contributed by atoms with Crippen LogP contribution in [0.15, 0.2) is 18.2 Å². The summed E-state index contributed by atoms with van der Waals surface area (Å²) < 4.78 is 10.6. The van der Waals surface area contributed by atoms with E-state index in [1.807, 2.05) is 25.1 Å². The van der Waals surface area contributed by atoms with Crippen LogP contribution in [0, 0.1) is 6.92 Å². The molecule has 0 radical (unpaired) electrons. The SMILES string of the molecule is Cc1ccc2c(c1)OCC1COC(=O)N21. The van der Waals surface area contributed by atoms with Gasteiger partial charge in [0.2, 0.25) is 0 Å². The highest BCUT2D eigenvalue weighted by molar-refractivity contribution is 5.92. The van der Waals surface area contributed by atoms with E-state index in [-0.39, 0.29) is 12.1 Å². The number of carbonyl (C=O) groups is 1. The van der Waals surface area contributed by atoms with Crippen LogP contribution in [0.3, 0.4) is 0 Å². The highest BCUT2D eigenvalue weighted by atomic mass is 16.6. The van der Waals surface area contributed by atoms with E-state index in [1.54, 1.807) is 4.90 Å². The first-order chi connectivity index (χ1) is 7.25. The van der Waals surface area contributed by atoms with Gasteiger partial charge in [-0.1, -0.05) is 6.07 Å². The zero-order valence-electron chi connectivity index (χ0n) is 8.40. The summed E-state index contributed by atoms with van der Waals surface area (Å²) in [5, 5.41) is 0. The first-order valence-electron chi connectivity index (χ1n) is 4.95. The molecule has 0 bridgehead atoms. The van der Waals surface area contributed by atoms with E-state index in [2.05, 4.69) is 0 Å². The first kappa shape index (κ1) is 8.59. The van der Waals surface area contributed by atoms with Crippen LogP contribution < -0.4 is 9.64 Å². The molecular weight excluding hydrogens is 194 g/mol. The molecule has 2 heterocycles. The van der Waals surface area contributed by atoms with Crippen molar-refractivity contribution in [2.45, 2.75) is 13.0 Å². The number of hydrogen-bond donors (Lipinski definition) is 0. The van der Waals surface area contributed by atoms with Gasteiger partial charge in [0.25, 0.3) is 0 Å². The van der Waals surface area contributed by atoms with Gasteiger partial charge in [0.05, 0.1) is 5.69 Å². The van der Waals surface area contributed by atoms with Crippen molar-refractivity contribution in [1.29, 1.82) is 0 Å². The largest absolute Gasteiger partial charge is 0.489 e. The molecule has 0 aliphatic carbocycles. The fourth-order valence-corrected chi connectivity index (χ4v) is 2.00. The molecule has 2 aliphatic heterocycles. The first-order valence-corrected chi connectivity index (χ1v) is 4.95. The smallest absolute Gasteiger partial charge is 0.414 e. The van der Waals surface area contributed by atoms with Crippen molar-refractivity contribution in [3.8, 4) is 5.75 Å². The Kier molecular flexibility index (Phi) is 1.65. The quantitative estimate of drug-likeness (QED) is 0.647. The number of hydrogen-bond acceptors (Lipinski definition) is 3. The predicted molar refractivity (Wildman–Crippen MR) is 54.3 cm³/mol. The number of aryl methyl sites for hydroxylation is 1. The molecule has 0 spiro atoms. The molecule has 1 saturated heterocycles. The fourth-order valence-electron chi connectivity index (χ4n) is 2.00. The van der Waals surface area contributed by atoms with E-state index in [0.717, 1.165) is 17.0 Å². The third-order valence-electron chi connectivity index (χ3n) is 2.77. The molecule has 1 unspecified atom stereocenters. The Morgan fingerprint density at radius 3 is 3.00 bits per heavy atom. The van der Waals surface area contributed by atoms with Crippen molar-refractivity contribution in [3.05, 3.63) is 23.8 Å². The molecule has 0 saturated carbocycles. The Morgan fingerprint density at radius 2 is 2.13 bits per heavy atom. The molecule has 2 aliphatic rings. The molecule has 3 rings (SSSR count). The number of fused-ring (bicyclic) bond motifs is 3. The number of nitrogens with zero attached hydrogens (tertiary/aromatic N) is 1. The molecule has 1 aromatic carbocycles. The van der Waals surface area contributed by atoms with Gasteiger partial charge in [-0.3, -0.25) is 4.90 Å². The third-order valence-corrected chi connectivity index (χ3v) is 2.77. The second-order valence-corrected chi connectivity index (χ2v) is 3.88. The summed E-state index contributed by atoms with van der Waals surface area (Å²) in [6, 6.07) is 5.85. The van der Waals surface area contributed by atoms with E-state index >= 15 is 0 Å². The fraction of sp³-hybridized carbons (Fsp3) is 0.364. The minimum absolute atomic E-state index is 0.0349. The molecule has 0 aromatic heterocycles. The monoisotopic (exact) mass is 205 g/mol. The van der Waals surface area contributed by atoms with Crippen LogP contribution in [0.25, 0.3) is 0 Å². The van der Waals surface area contributed by atoms with Gasteiger partial charge in [-0.2, -0.15) is 0 Å². The number of cyclic esters (lactones) is 1. The third kappa shape index (κ3) is 1.17. The Bertz CT molecular complexity index is 430. The van der Waals surface area contributed by atoms with Crippen LogP contribution in [-0.2, 0) is 4.74 Å². The normalized spacial score (nSPS) is 22.9. The summed E-state index contributed by atoms with van der Waals surface area (Å²) in [5.74, 6) is 0.769. The Labute approximate surface area is 87.4 Å². The number of amides is 1. The van der Waals surface area contributed by atoms with E-state index in [1.165, 1.54) is 0 Å². The van der Waals surface area contributed by atoms with Crippen molar-refractivity contribution < 1.29 is 14.3 Å². The predicted octanol–water partition coefficient (Wildman–Crippen LogP) is 1.71. The Morgan fingerprint density at radius 1 is 1.33 bits per heavy atom. The summed E-state index contributed by atoms with van der Waals surface area (Å²) in [4.78, 5) is 13.2.